The van der Waals surface area contributed by atoms with E-state index in [9.17, 15) is 13.2 Å². The fourth-order valence-electron chi connectivity index (χ4n) is 1.77. The number of rotatable bonds is 3. The number of anilines is 1. The van der Waals surface area contributed by atoms with Crippen LogP contribution >= 0.6 is 22.3 Å². The molecule has 0 aromatic heterocycles. The van der Waals surface area contributed by atoms with Crippen molar-refractivity contribution < 1.29 is 13.2 Å². The van der Waals surface area contributed by atoms with Crippen LogP contribution in [-0.2, 0) is 9.05 Å². The Morgan fingerprint density at radius 1 is 1.10 bits per heavy atom. The summed E-state index contributed by atoms with van der Waals surface area (Å²) in [5.74, 6) is -0.331. The summed E-state index contributed by atoms with van der Waals surface area (Å²) < 4.78 is 22.3. The maximum Gasteiger partial charge on any atom is 0.261 e. The van der Waals surface area contributed by atoms with E-state index in [2.05, 4.69) is 5.32 Å². The van der Waals surface area contributed by atoms with Gasteiger partial charge in [0.25, 0.3) is 15.0 Å². The van der Waals surface area contributed by atoms with Crippen LogP contribution in [0.4, 0.5) is 5.69 Å². The number of aryl methyl sites for hydroxylation is 1. The van der Waals surface area contributed by atoms with Gasteiger partial charge >= 0.3 is 0 Å². The van der Waals surface area contributed by atoms with Crippen molar-refractivity contribution in [2.45, 2.75) is 11.8 Å². The molecule has 0 aliphatic carbocycles. The topological polar surface area (TPSA) is 63.2 Å². The van der Waals surface area contributed by atoms with Gasteiger partial charge in [0.05, 0.1) is 4.90 Å². The fourth-order valence-corrected chi connectivity index (χ4v) is 2.83. The van der Waals surface area contributed by atoms with Crippen molar-refractivity contribution in [1.29, 1.82) is 0 Å². The van der Waals surface area contributed by atoms with Crippen LogP contribution in [0.1, 0.15) is 15.9 Å². The molecule has 2 aromatic carbocycles. The first-order chi connectivity index (χ1) is 9.75. The summed E-state index contributed by atoms with van der Waals surface area (Å²) in [6.07, 6.45) is 0. The number of amides is 1. The molecule has 0 radical (unpaired) electrons. The van der Waals surface area contributed by atoms with Gasteiger partial charge in [0, 0.05) is 27.0 Å². The lowest BCUT2D eigenvalue weighted by molar-refractivity contribution is 0.102. The highest BCUT2D eigenvalue weighted by Gasteiger charge is 2.11. The van der Waals surface area contributed by atoms with E-state index < -0.39 is 9.05 Å². The number of carbonyl (C=O) groups excluding carboxylic acids is 1. The maximum absolute atomic E-state index is 12.1. The van der Waals surface area contributed by atoms with E-state index in [1.54, 1.807) is 18.2 Å². The monoisotopic (exact) mass is 343 g/mol. The Kier molecular flexibility index (Phi) is 4.56. The molecule has 0 aliphatic rings. The average Bonchev–Trinajstić information content (AvgIpc) is 2.37. The lowest BCUT2D eigenvalue weighted by Crippen LogP contribution is -2.12. The van der Waals surface area contributed by atoms with Gasteiger partial charge in [-0.1, -0.05) is 11.6 Å². The first kappa shape index (κ1) is 15.8. The van der Waals surface area contributed by atoms with E-state index in [4.69, 9.17) is 22.3 Å². The number of hydrogen-bond donors (Lipinski definition) is 1. The zero-order valence-electron chi connectivity index (χ0n) is 10.9. The molecule has 1 amide bonds. The maximum atomic E-state index is 12.1. The highest BCUT2D eigenvalue weighted by Crippen LogP contribution is 2.19. The Balaban J connectivity index is 2.20. The molecule has 7 heteroatoms. The van der Waals surface area contributed by atoms with E-state index in [-0.39, 0.29) is 10.8 Å². The van der Waals surface area contributed by atoms with Gasteiger partial charge in [0.2, 0.25) is 0 Å². The van der Waals surface area contributed by atoms with Gasteiger partial charge in [0.15, 0.2) is 0 Å². The predicted octanol–water partition coefficient (Wildman–Crippen LogP) is 3.83. The standard InChI is InChI=1S/C14H11Cl2NO3S/c1-9-6-10(8-11(15)7-9)14(18)17-12-2-4-13(5-3-12)21(16,19)20/h2-8H,1H3,(H,17,18). The number of nitrogens with one attached hydrogen (secondary N) is 1. The second-order valence-electron chi connectivity index (χ2n) is 4.43. The molecule has 1 N–H and O–H groups in total. The molecule has 0 atom stereocenters. The summed E-state index contributed by atoms with van der Waals surface area (Å²) in [5, 5.41) is 3.13. The molecule has 0 fully saturated rings. The largest absolute Gasteiger partial charge is 0.322 e. The van der Waals surface area contributed by atoms with E-state index in [1.165, 1.54) is 24.3 Å². The number of halogens is 2. The van der Waals surface area contributed by atoms with Crippen LogP contribution in [0, 0.1) is 6.92 Å². The van der Waals surface area contributed by atoms with E-state index in [0.29, 0.717) is 16.3 Å². The van der Waals surface area contributed by atoms with Crippen molar-refractivity contribution in [1.82, 2.24) is 0 Å². The van der Waals surface area contributed by atoms with Crippen molar-refractivity contribution in [3.63, 3.8) is 0 Å². The van der Waals surface area contributed by atoms with Gasteiger partial charge < -0.3 is 5.32 Å². The van der Waals surface area contributed by atoms with Gasteiger partial charge in [-0.15, -0.1) is 0 Å². The Hall–Kier alpha value is -1.56. The first-order valence-corrected chi connectivity index (χ1v) is 8.58. The molecule has 0 heterocycles. The summed E-state index contributed by atoms with van der Waals surface area (Å²) >= 11 is 5.91. The number of hydrogen-bond acceptors (Lipinski definition) is 3. The second-order valence-corrected chi connectivity index (χ2v) is 7.44. The highest BCUT2D eigenvalue weighted by atomic mass is 35.7. The molecule has 0 bridgehead atoms. The van der Waals surface area contributed by atoms with Crippen molar-refractivity contribution in [2.24, 2.45) is 0 Å². The van der Waals surface area contributed by atoms with Crippen molar-refractivity contribution in [2.75, 3.05) is 5.32 Å². The zero-order valence-corrected chi connectivity index (χ0v) is 13.3. The van der Waals surface area contributed by atoms with Crippen molar-refractivity contribution in [3.05, 3.63) is 58.6 Å². The van der Waals surface area contributed by atoms with E-state index >= 15 is 0 Å². The minimum Gasteiger partial charge on any atom is -0.322 e. The van der Waals surface area contributed by atoms with Gasteiger partial charge in [0.1, 0.15) is 0 Å². The Bertz CT molecular complexity index is 766. The molecule has 0 saturated carbocycles. The number of benzene rings is 2. The third-order valence-electron chi connectivity index (χ3n) is 2.70. The van der Waals surface area contributed by atoms with Gasteiger partial charge in [-0.05, 0) is 55.0 Å². The number of carbonyl (C=O) groups is 1. The summed E-state index contributed by atoms with van der Waals surface area (Å²) in [5.41, 5.74) is 1.76. The summed E-state index contributed by atoms with van der Waals surface area (Å²) in [6, 6.07) is 10.6. The van der Waals surface area contributed by atoms with Crippen molar-refractivity contribution in [3.8, 4) is 0 Å². The predicted molar refractivity (Wildman–Crippen MR) is 83.6 cm³/mol. The molecule has 0 aliphatic heterocycles. The highest BCUT2D eigenvalue weighted by molar-refractivity contribution is 8.13. The Morgan fingerprint density at radius 2 is 1.71 bits per heavy atom. The lowest BCUT2D eigenvalue weighted by Gasteiger charge is -2.07. The van der Waals surface area contributed by atoms with Crippen LogP contribution < -0.4 is 5.32 Å². The van der Waals surface area contributed by atoms with E-state index in [1.807, 2.05) is 6.92 Å². The minimum atomic E-state index is -3.77. The molecular formula is C14H11Cl2NO3S. The van der Waals surface area contributed by atoms with Gasteiger partial charge in [-0.3, -0.25) is 4.79 Å². The summed E-state index contributed by atoms with van der Waals surface area (Å²) in [7, 11) is 1.45. The molecule has 0 unspecified atom stereocenters. The van der Waals surface area contributed by atoms with Crippen molar-refractivity contribution >= 4 is 42.9 Å². The third kappa shape index (κ3) is 4.20. The second kappa shape index (κ2) is 6.05. The van der Waals surface area contributed by atoms with Crippen LogP contribution in [0.15, 0.2) is 47.4 Å². The minimum absolute atomic E-state index is 0.0271. The molecule has 4 nitrogen and oxygen atoms in total. The smallest absolute Gasteiger partial charge is 0.261 e. The summed E-state index contributed by atoms with van der Waals surface area (Å²) in [4.78, 5) is 12.1. The van der Waals surface area contributed by atoms with Crippen LogP contribution in [0.3, 0.4) is 0 Å². The molecule has 110 valence electrons. The Morgan fingerprint density at radius 3 is 2.24 bits per heavy atom. The molecule has 0 saturated heterocycles. The third-order valence-corrected chi connectivity index (χ3v) is 4.29. The normalized spacial score (nSPS) is 11.2. The quantitative estimate of drug-likeness (QED) is 0.861. The average molecular weight is 344 g/mol. The molecule has 2 rings (SSSR count). The molecule has 0 spiro atoms. The lowest BCUT2D eigenvalue weighted by atomic mass is 10.1. The zero-order chi connectivity index (χ0) is 15.6. The van der Waals surface area contributed by atoms with Crippen LogP contribution in [0.25, 0.3) is 0 Å². The fraction of sp³-hybridized carbons (Fsp3) is 0.0714. The van der Waals surface area contributed by atoms with Crippen LogP contribution in [-0.4, -0.2) is 14.3 Å². The van der Waals surface area contributed by atoms with Gasteiger partial charge in [-0.2, -0.15) is 0 Å². The molecular weight excluding hydrogens is 333 g/mol. The van der Waals surface area contributed by atoms with Gasteiger partial charge in [-0.25, -0.2) is 8.42 Å². The van der Waals surface area contributed by atoms with E-state index in [0.717, 1.165) is 5.56 Å². The first-order valence-electron chi connectivity index (χ1n) is 5.89. The Labute approximate surface area is 132 Å². The molecule has 2 aromatic rings. The van der Waals surface area contributed by atoms with Crippen LogP contribution in [0.5, 0.6) is 0 Å². The molecule has 21 heavy (non-hydrogen) atoms. The SMILES string of the molecule is Cc1cc(Cl)cc(C(=O)Nc2ccc(S(=O)(=O)Cl)cc2)c1. The van der Waals surface area contributed by atoms with Crippen LogP contribution in [0.2, 0.25) is 5.02 Å². The summed E-state index contributed by atoms with van der Waals surface area (Å²) in [6.45, 7) is 1.84.